The van der Waals surface area contributed by atoms with E-state index in [1.807, 2.05) is 6.92 Å². The van der Waals surface area contributed by atoms with Crippen molar-refractivity contribution in [2.24, 2.45) is 5.92 Å². The van der Waals surface area contributed by atoms with E-state index in [9.17, 15) is 4.79 Å². The summed E-state index contributed by atoms with van der Waals surface area (Å²) in [6.45, 7) is 2.00. The first kappa shape index (κ1) is 11.6. The van der Waals surface area contributed by atoms with Gasteiger partial charge < -0.3 is 10.1 Å². The highest BCUT2D eigenvalue weighted by Gasteiger charge is 2.23. The second kappa shape index (κ2) is 4.99. The topological polar surface area (TPSA) is 51.2 Å². The molecule has 0 bridgehead atoms. The minimum absolute atomic E-state index is 0.0960. The molecule has 1 aromatic heterocycles. The van der Waals surface area contributed by atoms with Crippen molar-refractivity contribution in [2.75, 3.05) is 12.4 Å². The Morgan fingerprint density at radius 3 is 2.82 bits per heavy atom. The average molecular weight is 232 g/mol. The zero-order valence-electron chi connectivity index (χ0n) is 10.1. The molecule has 0 unspecified atom stereocenters. The van der Waals surface area contributed by atoms with E-state index < -0.39 is 0 Å². The van der Waals surface area contributed by atoms with Gasteiger partial charge in [-0.2, -0.15) is 0 Å². The molecule has 1 aliphatic rings. The molecule has 1 saturated carbocycles. The molecule has 17 heavy (non-hydrogen) atoms. The van der Waals surface area contributed by atoms with Crippen molar-refractivity contribution in [1.82, 2.24) is 4.98 Å². The highest BCUT2D eigenvalue weighted by Crippen LogP contribution is 2.35. The maximum absolute atomic E-state index is 11.7. The van der Waals surface area contributed by atoms with Gasteiger partial charge in [0.2, 0.25) is 11.8 Å². The molecule has 4 nitrogen and oxygen atoms in total. The maximum Gasteiger partial charge on any atom is 0.248 e. The monoisotopic (exact) mass is 232 g/mol. The number of nitrogens with one attached hydrogen (secondary N) is 1. The van der Waals surface area contributed by atoms with Crippen molar-refractivity contribution in [2.45, 2.75) is 19.8 Å². The van der Waals surface area contributed by atoms with Gasteiger partial charge in [-0.3, -0.25) is 4.79 Å². The molecule has 1 aliphatic carbocycles. The van der Waals surface area contributed by atoms with Gasteiger partial charge in [0.05, 0.1) is 19.0 Å². The van der Waals surface area contributed by atoms with E-state index in [0.717, 1.165) is 5.57 Å². The van der Waals surface area contributed by atoms with Crippen LogP contribution >= 0.6 is 0 Å². The molecule has 2 rings (SSSR count). The highest BCUT2D eigenvalue weighted by atomic mass is 16.5. The molecule has 0 aromatic carbocycles. The number of ether oxygens (including phenoxy) is 1. The van der Waals surface area contributed by atoms with Gasteiger partial charge in [0.15, 0.2) is 0 Å². The smallest absolute Gasteiger partial charge is 0.248 e. The number of hydrogen-bond acceptors (Lipinski definition) is 3. The molecule has 4 heteroatoms. The molecule has 0 saturated heterocycles. The summed E-state index contributed by atoms with van der Waals surface area (Å²) < 4.78 is 4.94. The lowest BCUT2D eigenvalue weighted by Crippen LogP contribution is -2.09. The van der Waals surface area contributed by atoms with Crippen molar-refractivity contribution in [3.8, 4) is 5.88 Å². The normalized spacial score (nSPS) is 15.5. The van der Waals surface area contributed by atoms with Crippen molar-refractivity contribution >= 4 is 11.6 Å². The second-order valence-corrected chi connectivity index (χ2v) is 4.24. The Morgan fingerprint density at radius 1 is 1.53 bits per heavy atom. The van der Waals surface area contributed by atoms with Crippen LogP contribution in [0, 0.1) is 5.92 Å². The van der Waals surface area contributed by atoms with Crippen LogP contribution in [0.3, 0.4) is 0 Å². The van der Waals surface area contributed by atoms with Gasteiger partial charge in [-0.05, 0) is 31.7 Å². The number of pyridine rings is 1. The molecule has 1 heterocycles. The maximum atomic E-state index is 11.7. The van der Waals surface area contributed by atoms with Crippen LogP contribution in [0.1, 0.15) is 19.8 Å². The molecular weight excluding hydrogens is 216 g/mol. The number of nitrogens with zero attached hydrogens (tertiary/aromatic N) is 1. The Morgan fingerprint density at radius 2 is 2.29 bits per heavy atom. The van der Waals surface area contributed by atoms with E-state index in [1.54, 1.807) is 31.5 Å². The molecule has 90 valence electrons. The number of hydrogen-bond donors (Lipinski definition) is 1. The molecular formula is C13H16N2O2. The van der Waals surface area contributed by atoms with Crippen LogP contribution in [0.4, 0.5) is 5.69 Å². The fraction of sp³-hybridized carbons (Fsp3) is 0.385. The summed E-state index contributed by atoms with van der Waals surface area (Å²) in [5.41, 5.74) is 1.83. The van der Waals surface area contributed by atoms with Crippen molar-refractivity contribution in [1.29, 1.82) is 0 Å². The van der Waals surface area contributed by atoms with Crippen LogP contribution in [0.15, 0.2) is 30.0 Å². The fourth-order valence-corrected chi connectivity index (χ4v) is 1.62. The third-order valence-electron chi connectivity index (χ3n) is 2.79. The van der Waals surface area contributed by atoms with Gasteiger partial charge in [0.25, 0.3) is 0 Å². The predicted octanol–water partition coefficient (Wildman–Crippen LogP) is 2.39. The van der Waals surface area contributed by atoms with E-state index >= 15 is 0 Å². The van der Waals surface area contributed by atoms with Gasteiger partial charge in [0, 0.05) is 12.1 Å². The zero-order chi connectivity index (χ0) is 12.3. The van der Waals surface area contributed by atoms with Crippen LogP contribution in [-0.2, 0) is 4.79 Å². The Labute approximate surface area is 101 Å². The average Bonchev–Trinajstić information content (AvgIpc) is 3.13. The molecule has 0 radical (unpaired) electrons. The number of carbonyl (C=O) groups is 1. The van der Waals surface area contributed by atoms with Gasteiger partial charge in [-0.15, -0.1) is 0 Å². The predicted molar refractivity (Wildman–Crippen MR) is 65.9 cm³/mol. The number of amides is 1. The van der Waals surface area contributed by atoms with Crippen LogP contribution in [0.2, 0.25) is 0 Å². The third-order valence-corrected chi connectivity index (χ3v) is 2.79. The lowest BCUT2D eigenvalue weighted by Gasteiger charge is -2.03. The van der Waals surface area contributed by atoms with E-state index in [4.69, 9.17) is 4.74 Å². The number of anilines is 1. The lowest BCUT2D eigenvalue weighted by molar-refractivity contribution is -0.112. The van der Waals surface area contributed by atoms with Crippen molar-refractivity contribution < 1.29 is 9.53 Å². The standard InChI is InChI=1S/C13H16N2O2/c1-9(10-3-4-10)7-12(16)15-11-5-6-13(17-2)14-8-11/h5-8,10H,3-4H2,1-2H3,(H,15,16)/b9-7+. The Bertz CT molecular complexity index is 433. The van der Waals surface area contributed by atoms with Gasteiger partial charge in [-0.25, -0.2) is 4.98 Å². The summed E-state index contributed by atoms with van der Waals surface area (Å²) in [5, 5.41) is 2.77. The van der Waals surface area contributed by atoms with E-state index in [2.05, 4.69) is 10.3 Å². The molecule has 0 spiro atoms. The molecule has 0 atom stereocenters. The SMILES string of the molecule is COc1ccc(NC(=O)/C=C(\C)C2CC2)cn1. The molecule has 1 fully saturated rings. The Kier molecular flexibility index (Phi) is 3.42. The highest BCUT2D eigenvalue weighted by molar-refractivity contribution is 5.99. The van der Waals surface area contributed by atoms with Gasteiger partial charge >= 0.3 is 0 Å². The number of carbonyl (C=O) groups excluding carboxylic acids is 1. The number of allylic oxidation sites excluding steroid dienone is 1. The van der Waals surface area contributed by atoms with Crippen LogP contribution in [0.25, 0.3) is 0 Å². The summed E-state index contributed by atoms with van der Waals surface area (Å²) in [4.78, 5) is 15.7. The minimum atomic E-state index is -0.0960. The van der Waals surface area contributed by atoms with E-state index in [0.29, 0.717) is 17.5 Å². The first-order valence-electron chi connectivity index (χ1n) is 5.68. The summed E-state index contributed by atoms with van der Waals surface area (Å²) >= 11 is 0. The number of aromatic nitrogens is 1. The molecule has 0 aliphatic heterocycles. The minimum Gasteiger partial charge on any atom is -0.481 e. The summed E-state index contributed by atoms with van der Waals surface area (Å²) in [7, 11) is 1.56. The van der Waals surface area contributed by atoms with Gasteiger partial charge in [-0.1, -0.05) is 5.57 Å². The largest absolute Gasteiger partial charge is 0.481 e. The summed E-state index contributed by atoms with van der Waals surface area (Å²) in [5.74, 6) is 1.06. The zero-order valence-corrected chi connectivity index (χ0v) is 10.1. The van der Waals surface area contributed by atoms with E-state index in [-0.39, 0.29) is 5.91 Å². The van der Waals surface area contributed by atoms with Crippen molar-refractivity contribution in [3.05, 3.63) is 30.0 Å². The Hall–Kier alpha value is -1.84. The molecule has 1 N–H and O–H groups in total. The fourth-order valence-electron chi connectivity index (χ4n) is 1.62. The summed E-state index contributed by atoms with van der Waals surface area (Å²) in [6, 6.07) is 3.48. The summed E-state index contributed by atoms with van der Waals surface area (Å²) in [6.07, 6.45) is 5.67. The second-order valence-electron chi connectivity index (χ2n) is 4.24. The van der Waals surface area contributed by atoms with Crippen LogP contribution in [-0.4, -0.2) is 18.0 Å². The third kappa shape index (κ3) is 3.31. The quantitative estimate of drug-likeness (QED) is 0.811. The number of rotatable bonds is 4. The van der Waals surface area contributed by atoms with E-state index in [1.165, 1.54) is 12.8 Å². The van der Waals surface area contributed by atoms with Crippen molar-refractivity contribution in [3.63, 3.8) is 0 Å². The number of methoxy groups -OCH3 is 1. The van der Waals surface area contributed by atoms with Crippen LogP contribution in [0.5, 0.6) is 5.88 Å². The van der Waals surface area contributed by atoms with Crippen LogP contribution < -0.4 is 10.1 Å². The first-order valence-corrected chi connectivity index (χ1v) is 5.68. The molecule has 1 amide bonds. The van der Waals surface area contributed by atoms with Gasteiger partial charge in [0.1, 0.15) is 0 Å². The first-order chi connectivity index (χ1) is 8.19. The lowest BCUT2D eigenvalue weighted by atomic mass is 10.2. The molecule has 1 aromatic rings. The Balaban J connectivity index is 1.95.